The second-order valence-electron chi connectivity index (χ2n) is 7.07. The maximum absolute atomic E-state index is 13.2. The van der Waals surface area contributed by atoms with Gasteiger partial charge in [0.15, 0.2) is 11.5 Å². The van der Waals surface area contributed by atoms with Crippen LogP contribution >= 0.6 is 0 Å². The molecule has 1 aliphatic heterocycles. The largest absolute Gasteiger partial charge is 0.494 e. The normalized spacial score (nSPS) is 13.6. The molecule has 0 atom stereocenters. The third-order valence-corrected chi connectivity index (χ3v) is 4.96. The Morgan fingerprint density at radius 1 is 0.875 bits per heavy atom. The molecular weight excluding hydrogens is 412 g/mol. The first-order chi connectivity index (χ1) is 15.5. The van der Waals surface area contributed by atoms with Crippen molar-refractivity contribution in [1.29, 1.82) is 0 Å². The quantitative estimate of drug-likeness (QED) is 0.537. The van der Waals surface area contributed by atoms with Gasteiger partial charge in [0.25, 0.3) is 11.8 Å². The number of methoxy groups -OCH3 is 3. The topological polar surface area (TPSA) is 86.3 Å². The van der Waals surface area contributed by atoms with Gasteiger partial charge in [-0.1, -0.05) is 19.1 Å². The van der Waals surface area contributed by atoms with E-state index in [0.717, 1.165) is 6.42 Å². The molecular formula is C24H28N2O6. The zero-order chi connectivity index (χ0) is 23.1. The van der Waals surface area contributed by atoms with E-state index in [1.54, 1.807) is 49.6 Å². The SMILES string of the molecule is CCCOc1ccc(C2=C(Nc3ccc(OC)c(OC)c3)C(=O)N(CCOC)C2=O)cc1. The molecule has 1 heterocycles. The Bertz CT molecular complexity index is 1000. The zero-order valence-corrected chi connectivity index (χ0v) is 18.8. The Kier molecular flexibility index (Phi) is 7.72. The van der Waals surface area contributed by atoms with Gasteiger partial charge >= 0.3 is 0 Å². The molecule has 0 spiro atoms. The van der Waals surface area contributed by atoms with E-state index in [4.69, 9.17) is 18.9 Å². The van der Waals surface area contributed by atoms with Crippen LogP contribution in [0.5, 0.6) is 17.2 Å². The summed E-state index contributed by atoms with van der Waals surface area (Å²) in [6, 6.07) is 12.3. The van der Waals surface area contributed by atoms with E-state index in [2.05, 4.69) is 5.32 Å². The van der Waals surface area contributed by atoms with Gasteiger partial charge in [0.1, 0.15) is 11.4 Å². The monoisotopic (exact) mass is 440 g/mol. The first-order valence-corrected chi connectivity index (χ1v) is 10.4. The molecule has 0 aliphatic carbocycles. The van der Waals surface area contributed by atoms with E-state index in [-0.39, 0.29) is 24.8 Å². The van der Waals surface area contributed by atoms with Crippen molar-refractivity contribution in [1.82, 2.24) is 4.90 Å². The van der Waals surface area contributed by atoms with Crippen LogP contribution in [0.3, 0.4) is 0 Å². The molecule has 3 rings (SSSR count). The minimum absolute atomic E-state index is 0.159. The number of carbonyl (C=O) groups excluding carboxylic acids is 2. The summed E-state index contributed by atoms with van der Waals surface area (Å²) in [5.74, 6) is 0.981. The fraction of sp³-hybridized carbons (Fsp3) is 0.333. The summed E-state index contributed by atoms with van der Waals surface area (Å²) in [6.45, 7) is 3.05. The van der Waals surface area contributed by atoms with E-state index in [1.807, 2.05) is 6.92 Å². The molecule has 8 heteroatoms. The van der Waals surface area contributed by atoms with E-state index < -0.39 is 5.91 Å². The van der Waals surface area contributed by atoms with Gasteiger partial charge in [0.2, 0.25) is 0 Å². The predicted octanol–water partition coefficient (Wildman–Crippen LogP) is 3.33. The lowest BCUT2D eigenvalue weighted by atomic mass is 10.0. The third kappa shape index (κ3) is 4.86. The van der Waals surface area contributed by atoms with Crippen LogP contribution in [0.4, 0.5) is 5.69 Å². The summed E-state index contributed by atoms with van der Waals surface area (Å²) in [5, 5.41) is 3.11. The molecule has 170 valence electrons. The highest BCUT2D eigenvalue weighted by atomic mass is 16.5. The van der Waals surface area contributed by atoms with Gasteiger partial charge in [-0.15, -0.1) is 0 Å². The molecule has 0 aromatic heterocycles. The van der Waals surface area contributed by atoms with Gasteiger partial charge in [-0.3, -0.25) is 14.5 Å². The minimum Gasteiger partial charge on any atom is -0.494 e. The molecule has 2 aromatic rings. The van der Waals surface area contributed by atoms with Crippen molar-refractivity contribution in [2.45, 2.75) is 13.3 Å². The number of imide groups is 1. The molecule has 0 saturated heterocycles. The third-order valence-electron chi connectivity index (χ3n) is 4.96. The highest BCUT2D eigenvalue weighted by Crippen LogP contribution is 2.34. The number of anilines is 1. The summed E-state index contributed by atoms with van der Waals surface area (Å²) in [4.78, 5) is 27.5. The van der Waals surface area contributed by atoms with Crippen molar-refractivity contribution in [2.24, 2.45) is 0 Å². The maximum Gasteiger partial charge on any atom is 0.278 e. The van der Waals surface area contributed by atoms with Crippen LogP contribution in [-0.4, -0.2) is 57.8 Å². The molecule has 2 aromatic carbocycles. The highest BCUT2D eigenvalue weighted by molar-refractivity contribution is 6.36. The van der Waals surface area contributed by atoms with Crippen LogP contribution in [-0.2, 0) is 14.3 Å². The molecule has 0 radical (unpaired) electrons. The van der Waals surface area contributed by atoms with Crippen molar-refractivity contribution in [3.8, 4) is 17.2 Å². The fourth-order valence-electron chi connectivity index (χ4n) is 3.34. The number of rotatable bonds is 11. The molecule has 32 heavy (non-hydrogen) atoms. The summed E-state index contributed by atoms with van der Waals surface area (Å²) in [7, 11) is 4.61. The number of carbonyl (C=O) groups is 2. The average Bonchev–Trinajstić information content (AvgIpc) is 3.05. The summed E-state index contributed by atoms with van der Waals surface area (Å²) < 4.78 is 21.3. The van der Waals surface area contributed by atoms with Gasteiger partial charge in [-0.05, 0) is 36.2 Å². The lowest BCUT2D eigenvalue weighted by Gasteiger charge is -2.15. The van der Waals surface area contributed by atoms with Crippen molar-refractivity contribution in [3.63, 3.8) is 0 Å². The van der Waals surface area contributed by atoms with E-state index in [1.165, 1.54) is 19.1 Å². The Hall–Kier alpha value is -3.52. The van der Waals surface area contributed by atoms with E-state index in [9.17, 15) is 9.59 Å². The molecule has 1 aliphatic rings. The van der Waals surface area contributed by atoms with Gasteiger partial charge in [-0.25, -0.2) is 0 Å². The smallest absolute Gasteiger partial charge is 0.278 e. The summed E-state index contributed by atoms with van der Waals surface area (Å²) in [5.41, 5.74) is 1.70. The van der Waals surface area contributed by atoms with Crippen molar-refractivity contribution in [3.05, 3.63) is 53.7 Å². The molecule has 0 fully saturated rings. The van der Waals surface area contributed by atoms with Crippen LogP contribution in [0.1, 0.15) is 18.9 Å². The van der Waals surface area contributed by atoms with Crippen molar-refractivity contribution in [2.75, 3.05) is 46.4 Å². The van der Waals surface area contributed by atoms with Crippen LogP contribution < -0.4 is 19.5 Å². The summed E-state index contributed by atoms with van der Waals surface area (Å²) >= 11 is 0. The molecule has 0 unspecified atom stereocenters. The lowest BCUT2D eigenvalue weighted by molar-refractivity contribution is -0.137. The Labute approximate surface area is 187 Å². The molecule has 2 amide bonds. The standard InChI is InChI=1S/C24H28N2O6/c1-5-13-32-18-9-6-16(7-10-18)21-22(24(28)26(23(21)27)12-14-29-2)25-17-8-11-19(30-3)20(15-17)31-4/h6-11,15,25H,5,12-14H2,1-4H3. The Morgan fingerprint density at radius 3 is 2.22 bits per heavy atom. The molecule has 0 bridgehead atoms. The molecule has 8 nitrogen and oxygen atoms in total. The second kappa shape index (κ2) is 10.7. The first-order valence-electron chi connectivity index (χ1n) is 10.4. The van der Waals surface area contributed by atoms with Gasteiger partial charge in [-0.2, -0.15) is 0 Å². The average molecular weight is 440 g/mol. The Balaban J connectivity index is 1.99. The molecule has 1 N–H and O–H groups in total. The number of nitrogens with zero attached hydrogens (tertiary/aromatic N) is 1. The van der Waals surface area contributed by atoms with Crippen LogP contribution in [0, 0.1) is 0 Å². The number of nitrogens with one attached hydrogen (secondary N) is 1. The number of hydrogen-bond acceptors (Lipinski definition) is 7. The molecule has 0 saturated carbocycles. The van der Waals surface area contributed by atoms with Crippen LogP contribution in [0.15, 0.2) is 48.2 Å². The number of amides is 2. The van der Waals surface area contributed by atoms with E-state index in [0.29, 0.717) is 40.7 Å². The second-order valence-corrected chi connectivity index (χ2v) is 7.07. The fourth-order valence-corrected chi connectivity index (χ4v) is 3.34. The Morgan fingerprint density at radius 2 is 1.59 bits per heavy atom. The number of hydrogen-bond donors (Lipinski definition) is 1. The predicted molar refractivity (Wildman–Crippen MR) is 121 cm³/mol. The first kappa shape index (κ1) is 23.1. The van der Waals surface area contributed by atoms with Crippen LogP contribution in [0.2, 0.25) is 0 Å². The van der Waals surface area contributed by atoms with Crippen molar-refractivity contribution < 1.29 is 28.5 Å². The van der Waals surface area contributed by atoms with Crippen molar-refractivity contribution >= 4 is 23.1 Å². The summed E-state index contributed by atoms with van der Waals surface area (Å²) in [6.07, 6.45) is 0.897. The van der Waals surface area contributed by atoms with Crippen LogP contribution in [0.25, 0.3) is 5.57 Å². The number of benzene rings is 2. The minimum atomic E-state index is -0.414. The maximum atomic E-state index is 13.2. The highest BCUT2D eigenvalue weighted by Gasteiger charge is 2.39. The zero-order valence-electron chi connectivity index (χ0n) is 18.8. The van der Waals surface area contributed by atoms with Gasteiger partial charge < -0.3 is 24.3 Å². The van der Waals surface area contributed by atoms with Gasteiger partial charge in [0, 0.05) is 18.9 Å². The van der Waals surface area contributed by atoms with Gasteiger partial charge in [0.05, 0.1) is 39.6 Å². The number of ether oxygens (including phenoxy) is 4. The lowest BCUT2D eigenvalue weighted by Crippen LogP contribution is -2.35. The van der Waals surface area contributed by atoms with E-state index >= 15 is 0 Å².